The summed E-state index contributed by atoms with van der Waals surface area (Å²) in [4.78, 5) is 9.20. The smallest absolute Gasteiger partial charge is 0.162 e. The van der Waals surface area contributed by atoms with Crippen molar-refractivity contribution in [1.29, 1.82) is 0 Å². The first-order valence-corrected chi connectivity index (χ1v) is 7.62. The van der Waals surface area contributed by atoms with Crippen LogP contribution in [0.25, 0.3) is 5.82 Å². The largest absolute Gasteiger partial charge is 0.370 e. The van der Waals surface area contributed by atoms with E-state index in [9.17, 15) is 0 Å². The second kappa shape index (κ2) is 5.91. The van der Waals surface area contributed by atoms with E-state index >= 15 is 0 Å². The average molecular weight is 338 g/mol. The van der Waals surface area contributed by atoms with Crippen molar-refractivity contribution < 1.29 is 0 Å². The summed E-state index contributed by atoms with van der Waals surface area (Å²) in [5.74, 6) is 2.56. The van der Waals surface area contributed by atoms with E-state index in [1.807, 2.05) is 25.5 Å². The monoisotopic (exact) mass is 337 g/mol. The molecular formula is C14H20BrN5. The van der Waals surface area contributed by atoms with Crippen molar-refractivity contribution in [3.8, 4) is 5.82 Å². The van der Waals surface area contributed by atoms with E-state index in [0.717, 1.165) is 51.8 Å². The zero-order valence-electron chi connectivity index (χ0n) is 12.6. The molecule has 0 bridgehead atoms. The maximum Gasteiger partial charge on any atom is 0.162 e. The highest BCUT2D eigenvalue weighted by Crippen LogP contribution is 2.25. The highest BCUT2D eigenvalue weighted by Gasteiger charge is 2.16. The molecule has 2 aromatic heterocycles. The summed E-state index contributed by atoms with van der Waals surface area (Å²) in [5.41, 5.74) is 3.03. The highest BCUT2D eigenvalue weighted by atomic mass is 79.9. The van der Waals surface area contributed by atoms with Crippen molar-refractivity contribution in [1.82, 2.24) is 19.7 Å². The lowest BCUT2D eigenvalue weighted by Gasteiger charge is -2.13. The number of nitrogens with zero attached hydrogens (tertiary/aromatic N) is 4. The van der Waals surface area contributed by atoms with Crippen molar-refractivity contribution in [3.63, 3.8) is 0 Å². The van der Waals surface area contributed by atoms with Crippen LogP contribution < -0.4 is 5.32 Å². The lowest BCUT2D eigenvalue weighted by Crippen LogP contribution is -2.12. The van der Waals surface area contributed by atoms with Gasteiger partial charge in [-0.1, -0.05) is 6.92 Å². The van der Waals surface area contributed by atoms with E-state index in [4.69, 9.17) is 0 Å². The summed E-state index contributed by atoms with van der Waals surface area (Å²) in [6.07, 6.45) is 0.798. The molecule has 5 nitrogen and oxygen atoms in total. The molecule has 0 aliphatic rings. The van der Waals surface area contributed by atoms with Crippen LogP contribution >= 0.6 is 15.9 Å². The summed E-state index contributed by atoms with van der Waals surface area (Å²) in [5, 5.41) is 7.87. The van der Waals surface area contributed by atoms with Crippen LogP contribution in [0.1, 0.15) is 36.6 Å². The van der Waals surface area contributed by atoms with Crippen molar-refractivity contribution >= 4 is 21.7 Å². The van der Waals surface area contributed by atoms with Crippen molar-refractivity contribution in [2.45, 2.75) is 41.0 Å². The van der Waals surface area contributed by atoms with Crippen LogP contribution in [-0.2, 0) is 6.42 Å². The van der Waals surface area contributed by atoms with Gasteiger partial charge < -0.3 is 5.32 Å². The van der Waals surface area contributed by atoms with Crippen molar-refractivity contribution in [2.75, 3.05) is 11.9 Å². The number of nitrogens with one attached hydrogen (secondary N) is 1. The van der Waals surface area contributed by atoms with Gasteiger partial charge in [0.1, 0.15) is 11.6 Å². The lowest BCUT2D eigenvalue weighted by molar-refractivity contribution is 0.774. The molecule has 0 atom stereocenters. The third-order valence-electron chi connectivity index (χ3n) is 3.23. The zero-order valence-corrected chi connectivity index (χ0v) is 14.2. The van der Waals surface area contributed by atoms with Gasteiger partial charge in [0.2, 0.25) is 0 Å². The minimum absolute atomic E-state index is 0.798. The molecule has 0 spiro atoms. The van der Waals surface area contributed by atoms with E-state index < -0.39 is 0 Å². The Kier molecular flexibility index (Phi) is 4.42. The lowest BCUT2D eigenvalue weighted by atomic mass is 10.2. The predicted octanol–water partition coefficient (Wildman–Crippen LogP) is 3.34. The van der Waals surface area contributed by atoms with Gasteiger partial charge in [-0.05, 0) is 43.6 Å². The summed E-state index contributed by atoms with van der Waals surface area (Å²) in [7, 11) is 0. The molecule has 0 saturated carbocycles. The first-order valence-electron chi connectivity index (χ1n) is 6.83. The Morgan fingerprint density at radius 1 is 1.15 bits per heavy atom. The molecule has 0 fully saturated rings. The van der Waals surface area contributed by atoms with E-state index in [0.29, 0.717) is 0 Å². The molecule has 2 heterocycles. The predicted molar refractivity (Wildman–Crippen MR) is 84.6 cm³/mol. The van der Waals surface area contributed by atoms with Crippen LogP contribution in [0.3, 0.4) is 0 Å². The van der Waals surface area contributed by atoms with Crippen LogP contribution in [-0.4, -0.2) is 26.3 Å². The molecular weight excluding hydrogens is 318 g/mol. The highest BCUT2D eigenvalue weighted by molar-refractivity contribution is 9.10. The van der Waals surface area contributed by atoms with Gasteiger partial charge in [-0.2, -0.15) is 5.10 Å². The molecule has 2 rings (SSSR count). The number of rotatable bonds is 4. The fourth-order valence-corrected chi connectivity index (χ4v) is 2.33. The number of hydrogen-bond donors (Lipinski definition) is 1. The molecule has 1 N–H and O–H groups in total. The Balaban J connectivity index is 2.66. The molecule has 0 unspecified atom stereocenters. The fraction of sp³-hybridized carbons (Fsp3) is 0.500. The SMILES string of the molecule is CCNc1nc(CC)nc(-n2nc(C)c(Br)c2C)c1C. The molecule has 20 heavy (non-hydrogen) atoms. The van der Waals surface area contributed by atoms with Crippen LogP contribution in [0.4, 0.5) is 5.82 Å². The summed E-state index contributed by atoms with van der Waals surface area (Å²) >= 11 is 3.56. The normalized spacial score (nSPS) is 10.9. The Bertz CT molecular complexity index is 633. The number of halogens is 1. The Hall–Kier alpha value is -1.43. The van der Waals surface area contributed by atoms with Gasteiger partial charge in [-0.3, -0.25) is 0 Å². The third kappa shape index (κ3) is 2.57. The van der Waals surface area contributed by atoms with E-state index in [2.05, 4.69) is 50.2 Å². The second-order valence-electron chi connectivity index (χ2n) is 4.72. The minimum atomic E-state index is 0.798. The molecule has 0 aliphatic heterocycles. The summed E-state index contributed by atoms with van der Waals surface area (Å²) in [6.45, 7) is 11.0. The molecule has 6 heteroatoms. The molecule has 0 amide bonds. The molecule has 0 aliphatic carbocycles. The number of aromatic nitrogens is 4. The zero-order chi connectivity index (χ0) is 14.9. The quantitative estimate of drug-likeness (QED) is 0.929. The summed E-state index contributed by atoms with van der Waals surface area (Å²) < 4.78 is 2.91. The molecule has 0 saturated heterocycles. The average Bonchev–Trinajstić information content (AvgIpc) is 2.69. The van der Waals surface area contributed by atoms with Gasteiger partial charge in [0.25, 0.3) is 0 Å². The number of hydrogen-bond acceptors (Lipinski definition) is 4. The fourth-order valence-electron chi connectivity index (χ4n) is 2.08. The first kappa shape index (κ1) is 15.0. The minimum Gasteiger partial charge on any atom is -0.370 e. The van der Waals surface area contributed by atoms with Crippen LogP contribution in [0.2, 0.25) is 0 Å². The van der Waals surface area contributed by atoms with Crippen LogP contribution in [0, 0.1) is 20.8 Å². The van der Waals surface area contributed by atoms with Gasteiger partial charge in [0, 0.05) is 18.5 Å². The molecule has 0 aromatic carbocycles. The van der Waals surface area contributed by atoms with Gasteiger partial charge >= 0.3 is 0 Å². The van der Waals surface area contributed by atoms with Crippen LogP contribution in [0.15, 0.2) is 4.47 Å². The third-order valence-corrected chi connectivity index (χ3v) is 4.38. The Morgan fingerprint density at radius 2 is 1.85 bits per heavy atom. The van der Waals surface area contributed by atoms with Gasteiger partial charge in [-0.25, -0.2) is 14.6 Å². The van der Waals surface area contributed by atoms with Crippen molar-refractivity contribution in [3.05, 3.63) is 27.2 Å². The molecule has 0 radical (unpaired) electrons. The van der Waals surface area contributed by atoms with Gasteiger partial charge in [-0.15, -0.1) is 0 Å². The number of aryl methyl sites for hydroxylation is 2. The van der Waals surface area contributed by atoms with Gasteiger partial charge in [0.15, 0.2) is 5.82 Å². The van der Waals surface area contributed by atoms with Crippen molar-refractivity contribution in [2.24, 2.45) is 0 Å². The number of anilines is 1. The Morgan fingerprint density at radius 3 is 2.35 bits per heavy atom. The topological polar surface area (TPSA) is 55.6 Å². The van der Waals surface area contributed by atoms with E-state index in [1.165, 1.54) is 0 Å². The van der Waals surface area contributed by atoms with E-state index in [1.54, 1.807) is 0 Å². The maximum atomic E-state index is 4.65. The summed E-state index contributed by atoms with van der Waals surface area (Å²) in [6, 6.07) is 0. The molecule has 108 valence electrons. The first-order chi connectivity index (χ1) is 9.49. The maximum absolute atomic E-state index is 4.65. The van der Waals surface area contributed by atoms with Gasteiger partial charge in [0.05, 0.1) is 15.9 Å². The van der Waals surface area contributed by atoms with E-state index in [-0.39, 0.29) is 0 Å². The van der Waals surface area contributed by atoms with Crippen LogP contribution in [0.5, 0.6) is 0 Å². The second-order valence-corrected chi connectivity index (χ2v) is 5.51. The molecule has 2 aromatic rings. The Labute approximate surface area is 128 Å². The standard InChI is InChI=1S/C14H20BrN5/c1-6-11-17-13(16-7-2)8(3)14(18-11)20-10(5)12(15)9(4)19-20/h6-7H2,1-5H3,(H,16,17,18).